The first-order chi connectivity index (χ1) is 43.6. The van der Waals surface area contributed by atoms with Gasteiger partial charge in [-0.1, -0.05) is 317 Å². The summed E-state index contributed by atoms with van der Waals surface area (Å²) in [7, 11) is -9.90. The molecule has 0 amide bonds. The molecular weight excluding hydrogens is 1190 g/mol. The molecule has 0 spiro atoms. The molecule has 6 atom stereocenters. The van der Waals surface area contributed by atoms with Crippen molar-refractivity contribution in [2.24, 2.45) is 5.92 Å². The number of aliphatic hydroxyl groups is 1. The van der Waals surface area contributed by atoms with E-state index in [0.29, 0.717) is 25.7 Å². The Kier molecular flexibility index (Phi) is 63.0. The fourth-order valence-corrected chi connectivity index (χ4v) is 12.4. The average Bonchev–Trinajstić information content (AvgIpc) is 3.73. The minimum absolute atomic E-state index is 0.103. The summed E-state index contributed by atoms with van der Waals surface area (Å²) in [6, 6.07) is 0. The predicted molar refractivity (Wildman–Crippen MR) is 363 cm³/mol. The Hall–Kier alpha value is -1.94. The van der Waals surface area contributed by atoms with Gasteiger partial charge < -0.3 is 33.8 Å². The molecule has 0 aliphatic heterocycles. The summed E-state index contributed by atoms with van der Waals surface area (Å²) < 4.78 is 68.3. The van der Waals surface area contributed by atoms with Gasteiger partial charge in [0.25, 0.3) is 0 Å². The van der Waals surface area contributed by atoms with Crippen LogP contribution in [0.25, 0.3) is 0 Å². The summed E-state index contributed by atoms with van der Waals surface area (Å²) in [6.45, 7) is 7.20. The van der Waals surface area contributed by atoms with Crippen molar-refractivity contribution in [1.82, 2.24) is 0 Å². The molecule has 0 aliphatic carbocycles. The molecule has 19 heteroatoms. The van der Waals surface area contributed by atoms with E-state index >= 15 is 0 Å². The molecule has 0 aliphatic rings. The highest BCUT2D eigenvalue weighted by Crippen LogP contribution is 2.45. The molecule has 0 bridgehead atoms. The van der Waals surface area contributed by atoms with Crippen molar-refractivity contribution in [3.8, 4) is 0 Å². The molecule has 0 radical (unpaired) electrons. The number of carbonyl (C=O) groups is 4. The van der Waals surface area contributed by atoms with Crippen LogP contribution in [0, 0.1) is 5.92 Å². The summed E-state index contributed by atoms with van der Waals surface area (Å²) >= 11 is 0. The van der Waals surface area contributed by atoms with Gasteiger partial charge in [-0.25, -0.2) is 9.13 Å². The van der Waals surface area contributed by atoms with Crippen molar-refractivity contribution < 1.29 is 80.2 Å². The Bertz CT molecular complexity index is 1740. The number of rotatable bonds is 71. The Morgan fingerprint density at radius 1 is 0.311 bits per heavy atom. The second kappa shape index (κ2) is 64.4. The molecule has 0 aromatic carbocycles. The number of carbonyl (C=O) groups excluding carboxylic acids is 4. The predicted octanol–water partition coefficient (Wildman–Crippen LogP) is 20.5. The molecule has 0 heterocycles. The number of esters is 4. The van der Waals surface area contributed by atoms with Gasteiger partial charge in [-0.05, 0) is 31.6 Å². The Balaban J connectivity index is 5.23. The summed E-state index contributed by atoms with van der Waals surface area (Å²) in [5.41, 5.74) is 0. The van der Waals surface area contributed by atoms with Gasteiger partial charge in [0.1, 0.15) is 19.3 Å². The van der Waals surface area contributed by atoms with Crippen molar-refractivity contribution in [3.05, 3.63) is 0 Å². The van der Waals surface area contributed by atoms with Crippen LogP contribution in [0.3, 0.4) is 0 Å². The summed E-state index contributed by atoms with van der Waals surface area (Å²) in [5.74, 6) is -1.40. The third-order valence-corrected chi connectivity index (χ3v) is 18.8. The van der Waals surface area contributed by atoms with Crippen LogP contribution in [0.5, 0.6) is 0 Å². The van der Waals surface area contributed by atoms with E-state index in [4.69, 9.17) is 37.0 Å². The number of phosphoric acid groups is 2. The van der Waals surface area contributed by atoms with Crippen LogP contribution in [0.2, 0.25) is 0 Å². The molecular formula is C71H138O17P2. The van der Waals surface area contributed by atoms with Crippen LogP contribution in [0.15, 0.2) is 0 Å². The SMILES string of the molecule is CCCCCCCCCCCCCCCCCCC(=O)O[C@H](COC(=O)CCCCCCCCCCCCCCCCC)COP(=O)(O)OC[C@@H](O)COP(=O)(O)OC[C@@H](COC(=O)CCCCCCCCCCC)OC(=O)CCCCCCCCC(C)CC. The lowest BCUT2D eigenvalue weighted by Crippen LogP contribution is -2.30. The summed E-state index contributed by atoms with van der Waals surface area (Å²) in [4.78, 5) is 72.5. The van der Waals surface area contributed by atoms with Gasteiger partial charge in [0, 0.05) is 25.7 Å². The maximum Gasteiger partial charge on any atom is 0.472 e. The van der Waals surface area contributed by atoms with E-state index in [1.54, 1.807) is 0 Å². The molecule has 0 saturated heterocycles. The zero-order chi connectivity index (χ0) is 66.3. The number of hydrogen-bond donors (Lipinski definition) is 3. The second-order valence-corrected chi connectivity index (χ2v) is 28.8. The average molecular weight is 1330 g/mol. The van der Waals surface area contributed by atoms with Crippen LogP contribution >= 0.6 is 15.6 Å². The monoisotopic (exact) mass is 1320 g/mol. The van der Waals surface area contributed by atoms with Crippen LogP contribution in [0.1, 0.15) is 369 Å². The van der Waals surface area contributed by atoms with E-state index < -0.39 is 97.5 Å². The highest BCUT2D eigenvalue weighted by Gasteiger charge is 2.30. The van der Waals surface area contributed by atoms with E-state index in [1.807, 2.05) is 0 Å². The van der Waals surface area contributed by atoms with Crippen molar-refractivity contribution in [2.75, 3.05) is 39.6 Å². The van der Waals surface area contributed by atoms with Gasteiger partial charge in [0.05, 0.1) is 26.4 Å². The summed E-state index contributed by atoms with van der Waals surface area (Å²) in [5, 5.41) is 10.6. The molecule has 0 aromatic heterocycles. The Morgan fingerprint density at radius 3 is 0.789 bits per heavy atom. The number of ether oxygens (including phenoxy) is 4. The lowest BCUT2D eigenvalue weighted by atomic mass is 10.00. The molecule has 534 valence electrons. The van der Waals surface area contributed by atoms with Crippen molar-refractivity contribution in [3.63, 3.8) is 0 Å². The maximum absolute atomic E-state index is 13.0. The number of hydrogen-bond acceptors (Lipinski definition) is 15. The number of aliphatic hydroxyl groups excluding tert-OH is 1. The minimum Gasteiger partial charge on any atom is -0.462 e. The van der Waals surface area contributed by atoms with E-state index in [2.05, 4.69) is 34.6 Å². The Labute approximate surface area is 549 Å². The minimum atomic E-state index is -4.95. The van der Waals surface area contributed by atoms with E-state index in [0.717, 1.165) is 95.8 Å². The third-order valence-electron chi connectivity index (χ3n) is 16.9. The van der Waals surface area contributed by atoms with Gasteiger partial charge in [-0.3, -0.25) is 37.3 Å². The molecule has 3 N–H and O–H groups in total. The molecule has 0 saturated carbocycles. The molecule has 3 unspecified atom stereocenters. The van der Waals surface area contributed by atoms with Crippen molar-refractivity contribution in [1.29, 1.82) is 0 Å². The van der Waals surface area contributed by atoms with Crippen LogP contribution in [-0.4, -0.2) is 96.7 Å². The van der Waals surface area contributed by atoms with E-state index in [-0.39, 0.29) is 25.7 Å². The van der Waals surface area contributed by atoms with Crippen molar-refractivity contribution in [2.45, 2.75) is 387 Å². The highest BCUT2D eigenvalue weighted by molar-refractivity contribution is 7.47. The van der Waals surface area contributed by atoms with Crippen LogP contribution in [0.4, 0.5) is 0 Å². The smallest absolute Gasteiger partial charge is 0.462 e. The standard InChI is InChI=1S/C71H138O17P2/c1-6-10-13-16-19-22-24-26-28-30-32-34-37-40-46-51-56-70(75)87-66(60-82-69(74)55-50-45-39-36-33-31-29-27-25-23-20-17-14-11-7-2)62-85-89(77,78)83-58-65(72)59-84-90(79,80)86-63-67(61-81-68(73)54-49-44-38-35-21-18-15-12-8-3)88-71(76)57-52-47-42-41-43-48-53-64(5)9-4/h64-67,72H,6-63H2,1-5H3,(H,77,78)(H,79,80)/t64?,65-,66-,67-/m1/s1. The second-order valence-electron chi connectivity index (χ2n) is 25.9. The van der Waals surface area contributed by atoms with Gasteiger partial charge in [-0.2, -0.15) is 0 Å². The highest BCUT2D eigenvalue weighted by atomic mass is 31.2. The van der Waals surface area contributed by atoms with Crippen LogP contribution < -0.4 is 0 Å². The molecule has 0 fully saturated rings. The van der Waals surface area contributed by atoms with E-state index in [9.17, 15) is 43.2 Å². The fraction of sp³-hybridized carbons (Fsp3) is 0.944. The Morgan fingerprint density at radius 2 is 0.533 bits per heavy atom. The number of unbranched alkanes of at least 4 members (excludes halogenated alkanes) is 42. The van der Waals surface area contributed by atoms with Crippen LogP contribution in [-0.2, 0) is 65.4 Å². The van der Waals surface area contributed by atoms with Crippen molar-refractivity contribution >= 4 is 39.5 Å². The molecule has 90 heavy (non-hydrogen) atoms. The summed E-state index contributed by atoms with van der Waals surface area (Å²) in [6.07, 6.45) is 51.3. The zero-order valence-electron chi connectivity index (χ0n) is 58.3. The molecule has 0 rings (SSSR count). The lowest BCUT2D eigenvalue weighted by Gasteiger charge is -2.21. The topological polar surface area (TPSA) is 237 Å². The van der Waals surface area contributed by atoms with Gasteiger partial charge >= 0.3 is 39.5 Å². The normalized spacial score (nSPS) is 14.4. The number of phosphoric ester groups is 2. The van der Waals surface area contributed by atoms with E-state index in [1.165, 1.54) is 193 Å². The van der Waals surface area contributed by atoms with Gasteiger partial charge in [-0.15, -0.1) is 0 Å². The molecule has 17 nitrogen and oxygen atoms in total. The lowest BCUT2D eigenvalue weighted by molar-refractivity contribution is -0.161. The first-order valence-electron chi connectivity index (χ1n) is 37.2. The fourth-order valence-electron chi connectivity index (χ4n) is 10.8. The van der Waals surface area contributed by atoms with Gasteiger partial charge in [0.15, 0.2) is 12.2 Å². The van der Waals surface area contributed by atoms with Gasteiger partial charge in [0.2, 0.25) is 0 Å². The quantitative estimate of drug-likeness (QED) is 0.0222. The first-order valence-corrected chi connectivity index (χ1v) is 40.2. The molecule has 0 aromatic rings. The first kappa shape index (κ1) is 88.1. The third kappa shape index (κ3) is 63.5. The maximum atomic E-state index is 13.0. The largest absolute Gasteiger partial charge is 0.472 e. The zero-order valence-corrected chi connectivity index (χ0v) is 60.1.